The predicted molar refractivity (Wildman–Crippen MR) is 103 cm³/mol. The maximum absolute atomic E-state index is 13.5. The second-order valence-electron chi connectivity index (χ2n) is 6.85. The molecule has 5 nitrogen and oxygen atoms in total. The van der Waals surface area contributed by atoms with Crippen molar-refractivity contribution in [2.75, 3.05) is 6.61 Å². The number of hydrogen-bond donors (Lipinski definition) is 0. The Morgan fingerprint density at radius 3 is 2.81 bits per heavy atom. The molecule has 1 saturated carbocycles. The van der Waals surface area contributed by atoms with E-state index in [1.165, 1.54) is 0 Å². The molecular formula is C19H17Br2NO4. The molecule has 1 aromatic heterocycles. The van der Waals surface area contributed by atoms with E-state index in [1.54, 1.807) is 6.92 Å². The number of aromatic nitrogens is 1. The molecular weight excluding hydrogens is 466 g/mol. The number of aryl methyl sites for hydroxylation is 1. The molecule has 26 heavy (non-hydrogen) atoms. The number of alkyl halides is 1. The topological polar surface area (TPSA) is 65.4 Å². The second-order valence-corrected chi connectivity index (χ2v) is 8.71. The first-order valence-electron chi connectivity index (χ1n) is 8.50. The summed E-state index contributed by atoms with van der Waals surface area (Å²) in [6.07, 6.45) is 0.376. The van der Waals surface area contributed by atoms with Crippen LogP contribution in [0.1, 0.15) is 24.5 Å². The molecule has 1 heterocycles. The zero-order valence-corrected chi connectivity index (χ0v) is 17.5. The highest BCUT2D eigenvalue weighted by atomic mass is 79.9. The molecule has 0 radical (unpaired) electrons. The second kappa shape index (κ2) is 6.02. The van der Waals surface area contributed by atoms with Gasteiger partial charge in [0.15, 0.2) is 17.0 Å². The van der Waals surface area contributed by atoms with Crippen LogP contribution in [0.3, 0.4) is 0 Å². The molecule has 0 unspecified atom stereocenters. The minimum atomic E-state index is -1.45. The van der Waals surface area contributed by atoms with Gasteiger partial charge in [0.2, 0.25) is 0 Å². The van der Waals surface area contributed by atoms with Crippen molar-refractivity contribution < 1.29 is 19.1 Å². The molecule has 2 bridgehead atoms. The van der Waals surface area contributed by atoms with Crippen LogP contribution in [0.5, 0.6) is 0 Å². The zero-order chi connectivity index (χ0) is 18.8. The Morgan fingerprint density at radius 2 is 2.12 bits per heavy atom. The Labute approximate surface area is 167 Å². The lowest BCUT2D eigenvalue weighted by atomic mass is 9.64. The fourth-order valence-corrected chi connectivity index (χ4v) is 5.75. The summed E-state index contributed by atoms with van der Waals surface area (Å²) in [5.74, 6) is -1.92. The number of Topliss-reactive ketones (excluding diaryl/α,β-unsaturated/α-hetero) is 2. The summed E-state index contributed by atoms with van der Waals surface area (Å²) in [7, 11) is 1.92. The zero-order valence-electron chi connectivity index (χ0n) is 14.3. The van der Waals surface area contributed by atoms with Gasteiger partial charge in [-0.25, -0.2) is 0 Å². The van der Waals surface area contributed by atoms with Crippen molar-refractivity contribution in [2.45, 2.75) is 30.0 Å². The maximum Gasteiger partial charge on any atom is 0.324 e. The molecule has 2 aliphatic rings. The van der Waals surface area contributed by atoms with Crippen LogP contribution in [0.15, 0.2) is 22.8 Å². The Hall–Kier alpha value is -1.47. The Morgan fingerprint density at radius 1 is 1.38 bits per heavy atom. The molecule has 0 spiro atoms. The molecule has 7 heteroatoms. The van der Waals surface area contributed by atoms with Gasteiger partial charge in [0.25, 0.3) is 0 Å². The highest BCUT2D eigenvalue weighted by Gasteiger charge is 2.60. The van der Waals surface area contributed by atoms with E-state index in [2.05, 4.69) is 31.9 Å². The lowest BCUT2D eigenvalue weighted by molar-refractivity contribution is -0.158. The smallest absolute Gasteiger partial charge is 0.324 e. The molecule has 0 aliphatic heterocycles. The third-order valence-corrected chi connectivity index (χ3v) is 7.40. The van der Waals surface area contributed by atoms with Crippen molar-refractivity contribution >= 4 is 60.3 Å². The molecule has 1 fully saturated rings. The lowest BCUT2D eigenvalue weighted by Gasteiger charge is -2.38. The number of carbonyl (C=O) groups is 3. The molecule has 1 aromatic carbocycles. The van der Waals surface area contributed by atoms with Crippen LogP contribution in [0.25, 0.3) is 10.9 Å². The number of fused-ring (bicyclic) bond motifs is 3. The summed E-state index contributed by atoms with van der Waals surface area (Å²) in [6.45, 7) is 1.90. The largest absolute Gasteiger partial charge is 0.465 e. The van der Waals surface area contributed by atoms with Gasteiger partial charge < -0.3 is 9.30 Å². The SMILES string of the molecule is CCOC(=O)[C@]12C[C@H](Br)C(=O)[C@H](Cc3c(Br)n(C)c4cccc1c34)C2=O. The predicted octanol–water partition coefficient (Wildman–Crippen LogP) is 3.22. The normalized spacial score (nSPS) is 27.5. The average Bonchev–Trinajstić information content (AvgIpc) is 2.81. The molecule has 0 amide bonds. The highest BCUT2D eigenvalue weighted by Crippen LogP contribution is 2.49. The summed E-state index contributed by atoms with van der Waals surface area (Å²) in [6, 6.07) is 5.63. The van der Waals surface area contributed by atoms with Gasteiger partial charge in [0.05, 0.1) is 22.0 Å². The van der Waals surface area contributed by atoms with Crippen LogP contribution in [0.2, 0.25) is 0 Å². The molecule has 0 N–H and O–H groups in total. The minimum absolute atomic E-state index is 0.0884. The van der Waals surface area contributed by atoms with Gasteiger partial charge in [-0.15, -0.1) is 0 Å². The summed E-state index contributed by atoms with van der Waals surface area (Å²) < 4.78 is 8.15. The van der Waals surface area contributed by atoms with Crippen LogP contribution >= 0.6 is 31.9 Å². The molecule has 0 saturated heterocycles. The lowest BCUT2D eigenvalue weighted by Crippen LogP contribution is -2.56. The highest BCUT2D eigenvalue weighted by molar-refractivity contribution is 9.10. The molecule has 2 aromatic rings. The van der Waals surface area contributed by atoms with Crippen molar-refractivity contribution in [3.63, 3.8) is 0 Å². The Balaban J connectivity index is 2.13. The first kappa shape index (κ1) is 17.9. The third kappa shape index (κ3) is 2.10. The van der Waals surface area contributed by atoms with Crippen LogP contribution in [-0.4, -0.2) is 33.5 Å². The Kier molecular flexibility index (Phi) is 4.15. The number of rotatable bonds is 2. The van der Waals surface area contributed by atoms with E-state index < -0.39 is 22.1 Å². The van der Waals surface area contributed by atoms with Crippen LogP contribution in [0, 0.1) is 5.92 Å². The first-order valence-corrected chi connectivity index (χ1v) is 10.2. The molecule has 136 valence electrons. The van der Waals surface area contributed by atoms with Gasteiger partial charge in [-0.1, -0.05) is 28.1 Å². The van der Waals surface area contributed by atoms with Crippen LogP contribution in [0.4, 0.5) is 0 Å². The minimum Gasteiger partial charge on any atom is -0.465 e. The van der Waals surface area contributed by atoms with Crippen LogP contribution in [-0.2, 0) is 38.0 Å². The van der Waals surface area contributed by atoms with Crippen LogP contribution < -0.4 is 0 Å². The Bertz CT molecular complexity index is 980. The first-order chi connectivity index (χ1) is 12.3. The van der Waals surface area contributed by atoms with E-state index in [0.717, 1.165) is 21.1 Å². The number of carbonyl (C=O) groups excluding carboxylic acids is 3. The number of halogens is 2. The summed E-state index contributed by atoms with van der Waals surface area (Å²) in [5, 5.41) is 0.875. The molecule has 4 rings (SSSR count). The van der Waals surface area contributed by atoms with Crippen molar-refractivity contribution in [1.82, 2.24) is 4.57 Å². The van der Waals surface area contributed by atoms with Gasteiger partial charge in [-0.3, -0.25) is 14.4 Å². The maximum atomic E-state index is 13.5. The number of benzene rings is 1. The summed E-state index contributed by atoms with van der Waals surface area (Å²) in [4.78, 5) is 38.8. The summed E-state index contributed by atoms with van der Waals surface area (Å²) >= 11 is 7.02. The van der Waals surface area contributed by atoms with Gasteiger partial charge in [0, 0.05) is 18.0 Å². The average molecular weight is 483 g/mol. The third-order valence-electron chi connectivity index (χ3n) is 5.62. The number of esters is 1. The van der Waals surface area contributed by atoms with Gasteiger partial charge in [-0.05, 0) is 52.9 Å². The van der Waals surface area contributed by atoms with E-state index in [0.29, 0.717) is 5.56 Å². The van der Waals surface area contributed by atoms with Crippen molar-refractivity contribution in [1.29, 1.82) is 0 Å². The monoisotopic (exact) mass is 481 g/mol. The number of hydrogen-bond acceptors (Lipinski definition) is 4. The number of ether oxygens (including phenoxy) is 1. The van der Waals surface area contributed by atoms with Gasteiger partial charge in [-0.2, -0.15) is 0 Å². The van der Waals surface area contributed by atoms with Crippen molar-refractivity contribution in [3.8, 4) is 0 Å². The van der Waals surface area contributed by atoms with Gasteiger partial charge >= 0.3 is 5.97 Å². The fraction of sp³-hybridized carbons (Fsp3) is 0.421. The summed E-state index contributed by atoms with van der Waals surface area (Å²) in [5.41, 5.74) is 1.02. The van der Waals surface area contributed by atoms with E-state index in [-0.39, 0.29) is 31.0 Å². The van der Waals surface area contributed by atoms with Crippen molar-refractivity contribution in [3.05, 3.63) is 33.9 Å². The van der Waals surface area contributed by atoms with Crippen molar-refractivity contribution in [2.24, 2.45) is 13.0 Å². The number of nitrogens with zero attached hydrogens (tertiary/aromatic N) is 1. The fourth-order valence-electron chi connectivity index (χ4n) is 4.39. The van der Waals surface area contributed by atoms with Gasteiger partial charge in [0.1, 0.15) is 0 Å². The van der Waals surface area contributed by atoms with E-state index in [9.17, 15) is 14.4 Å². The quantitative estimate of drug-likeness (QED) is 0.374. The number of ketones is 2. The van der Waals surface area contributed by atoms with E-state index in [4.69, 9.17) is 4.74 Å². The molecule has 3 atom stereocenters. The van der Waals surface area contributed by atoms with E-state index in [1.807, 2.05) is 29.8 Å². The standard InChI is InChI=1S/C19H17Br2NO4/c1-3-26-18(25)19-8-12(20)15(23)10(16(19)24)7-9-14-11(19)5-4-6-13(14)22(2)17(9)21/h4-6,10,12H,3,7-8H2,1-2H3/t10-,12-,19+/m0/s1. The van der Waals surface area contributed by atoms with E-state index >= 15 is 0 Å². The molecule has 2 aliphatic carbocycles.